The zero-order chi connectivity index (χ0) is 4.28. The summed E-state index contributed by atoms with van der Waals surface area (Å²) in [6.07, 6.45) is 0. The van der Waals surface area contributed by atoms with Crippen LogP contribution in [-0.4, -0.2) is 4.32 Å². The van der Waals surface area contributed by atoms with Crippen molar-refractivity contribution in [3.63, 3.8) is 0 Å². The summed E-state index contributed by atoms with van der Waals surface area (Å²) in [6, 6.07) is 0. The van der Waals surface area contributed by atoms with Crippen LogP contribution in [0.25, 0.3) is 0 Å². The van der Waals surface area contributed by atoms with E-state index < -0.39 is 0 Å². The Bertz CT molecular complexity index is 42.9. The highest BCUT2D eigenvalue weighted by Gasteiger charge is 1.73. The van der Waals surface area contributed by atoms with Crippen molar-refractivity contribution in [2.45, 2.75) is 0 Å². The van der Waals surface area contributed by atoms with Crippen LogP contribution in [-0.2, 0) is 0 Å². The van der Waals surface area contributed by atoms with Crippen molar-refractivity contribution in [1.29, 1.82) is 0 Å². The number of hydrogen-bond donors (Lipinski definition) is 1. The molecule has 0 atom stereocenters. The molecule has 0 saturated heterocycles. The summed E-state index contributed by atoms with van der Waals surface area (Å²) in [5.41, 5.74) is 4.80. The first-order valence-corrected chi connectivity index (χ1v) is 2.13. The highest BCUT2D eigenvalue weighted by molar-refractivity contribution is 8.21. The van der Waals surface area contributed by atoms with Gasteiger partial charge in [-0.15, -0.1) is 0 Å². The van der Waals surface area contributed by atoms with Crippen LogP contribution in [0.5, 0.6) is 0 Å². The molecule has 0 unspecified atom stereocenters. The molecule has 0 heterocycles. The van der Waals surface area contributed by atoms with Gasteiger partial charge in [0.05, 0.1) is 0 Å². The van der Waals surface area contributed by atoms with E-state index in [1.807, 2.05) is 0 Å². The first-order chi connectivity index (χ1) is 2.27. The van der Waals surface area contributed by atoms with Crippen LogP contribution in [0.15, 0.2) is 0 Å². The summed E-state index contributed by atoms with van der Waals surface area (Å²) in [6.45, 7) is 0. The first-order valence-electron chi connectivity index (χ1n) is 0.901. The predicted molar refractivity (Wildman–Crippen MR) is 27.5 cm³/mol. The van der Waals surface area contributed by atoms with Crippen molar-refractivity contribution in [1.82, 2.24) is 5.14 Å². The van der Waals surface area contributed by atoms with Gasteiger partial charge in [-0.25, -0.2) is 0 Å². The molecule has 0 spiro atoms. The summed E-state index contributed by atoms with van der Waals surface area (Å²) in [5, 5.41) is 6.31. The molecule has 0 aliphatic heterocycles. The molecule has 29 valence electrons. The lowest BCUT2D eigenvalue weighted by atomic mass is 11.5. The minimum Gasteiger partial charge on any atom is -0.384 e. The third kappa shape index (κ3) is 4.20. The average molecular weight is 107 g/mol. The number of rotatable bonds is 0. The Hall–Kier alpha value is 0.200. The van der Waals surface area contributed by atoms with Crippen molar-refractivity contribution >= 4 is 28.5 Å². The summed E-state index contributed by atoms with van der Waals surface area (Å²) in [5.74, 6) is 0. The molecule has 0 saturated carbocycles. The smallest absolute Gasteiger partial charge is 0.147 e. The number of hydrogen-bond acceptors (Lipinski definition) is 2. The SMILES string of the molecule is [NH]SC(N)=S. The van der Waals surface area contributed by atoms with Crippen LogP contribution in [0.4, 0.5) is 0 Å². The van der Waals surface area contributed by atoms with E-state index in [1.165, 1.54) is 0 Å². The summed E-state index contributed by atoms with van der Waals surface area (Å²) in [7, 11) is 0. The maximum Gasteiger partial charge on any atom is 0.147 e. The summed E-state index contributed by atoms with van der Waals surface area (Å²) in [4.78, 5) is 0. The highest BCUT2D eigenvalue weighted by Crippen LogP contribution is 1.83. The molecule has 0 fully saturated rings. The van der Waals surface area contributed by atoms with E-state index in [2.05, 4.69) is 12.2 Å². The van der Waals surface area contributed by atoms with Gasteiger partial charge in [-0.1, -0.05) is 12.2 Å². The zero-order valence-electron chi connectivity index (χ0n) is 2.39. The lowest BCUT2D eigenvalue weighted by Gasteiger charge is -1.76. The molecule has 0 bridgehead atoms. The van der Waals surface area contributed by atoms with Crippen LogP contribution in [0.1, 0.15) is 0 Å². The number of nitrogens with two attached hydrogens (primary N) is 1. The van der Waals surface area contributed by atoms with Crippen LogP contribution >= 0.6 is 24.2 Å². The molecular formula is CH3N2S2. The second kappa shape index (κ2) is 2.44. The third-order valence-corrected chi connectivity index (χ3v) is 0.552. The van der Waals surface area contributed by atoms with Gasteiger partial charge < -0.3 is 5.73 Å². The largest absolute Gasteiger partial charge is 0.384 e. The van der Waals surface area contributed by atoms with Gasteiger partial charge in [-0.05, 0) is 0 Å². The Balaban J connectivity index is 2.85. The van der Waals surface area contributed by atoms with Gasteiger partial charge >= 0.3 is 0 Å². The third-order valence-electron chi connectivity index (χ3n) is 0.101. The second-order valence-electron chi connectivity index (χ2n) is 0.421. The zero-order valence-corrected chi connectivity index (χ0v) is 4.03. The van der Waals surface area contributed by atoms with Crippen molar-refractivity contribution in [2.75, 3.05) is 0 Å². The molecule has 0 amide bonds. The van der Waals surface area contributed by atoms with Crippen molar-refractivity contribution in [2.24, 2.45) is 5.73 Å². The van der Waals surface area contributed by atoms with Gasteiger partial charge in [0.2, 0.25) is 0 Å². The molecule has 1 radical (unpaired) electrons. The molecule has 4 heteroatoms. The summed E-state index contributed by atoms with van der Waals surface area (Å²) < 4.78 is 0.171. The Labute approximate surface area is 40.0 Å². The fourth-order valence-electron chi connectivity index (χ4n) is 0. The number of thiocarbonyl (C=S) groups is 1. The van der Waals surface area contributed by atoms with Gasteiger partial charge in [0.1, 0.15) is 4.32 Å². The molecule has 2 nitrogen and oxygen atoms in total. The molecular weight excluding hydrogens is 104 g/mol. The van der Waals surface area contributed by atoms with Crippen LogP contribution in [0.3, 0.4) is 0 Å². The molecule has 0 aromatic rings. The second-order valence-corrected chi connectivity index (χ2v) is 1.76. The highest BCUT2D eigenvalue weighted by atomic mass is 32.2. The Morgan fingerprint density at radius 3 is 2.20 bits per heavy atom. The Kier molecular flexibility index (Phi) is 2.54. The fraction of sp³-hybridized carbons (Fsp3) is 0. The van der Waals surface area contributed by atoms with Gasteiger partial charge in [0.15, 0.2) is 0 Å². The lowest BCUT2D eigenvalue weighted by Crippen LogP contribution is -1.99. The number of nitrogens with one attached hydrogen (secondary N) is 1. The molecule has 5 heavy (non-hydrogen) atoms. The summed E-state index contributed by atoms with van der Waals surface area (Å²) >= 11 is 4.89. The quantitative estimate of drug-likeness (QED) is 0.354. The van der Waals surface area contributed by atoms with Gasteiger partial charge in [0.25, 0.3) is 0 Å². The lowest BCUT2D eigenvalue weighted by molar-refractivity contribution is 1.87. The van der Waals surface area contributed by atoms with E-state index in [0.717, 1.165) is 0 Å². The van der Waals surface area contributed by atoms with Crippen LogP contribution in [0, 0.1) is 0 Å². The monoisotopic (exact) mass is 107 g/mol. The Morgan fingerprint density at radius 1 is 2.00 bits per heavy atom. The van der Waals surface area contributed by atoms with Crippen LogP contribution < -0.4 is 10.9 Å². The van der Waals surface area contributed by atoms with E-state index in [1.54, 1.807) is 0 Å². The molecule has 0 aromatic heterocycles. The first kappa shape index (κ1) is 5.20. The van der Waals surface area contributed by atoms with Crippen molar-refractivity contribution in [3.05, 3.63) is 0 Å². The maximum atomic E-state index is 6.31. The van der Waals surface area contributed by atoms with E-state index in [-0.39, 0.29) is 4.32 Å². The average Bonchev–Trinajstić information content (AvgIpc) is 1.38. The standard InChI is InChI=1S/CH3N2S2/c2-1(4)5-3/h3H,(H2,2,4). The van der Waals surface area contributed by atoms with Gasteiger partial charge in [-0.3, -0.25) is 0 Å². The normalized spacial score (nSPS) is 7.40. The fourth-order valence-corrected chi connectivity index (χ4v) is 0. The molecule has 0 rings (SSSR count). The van der Waals surface area contributed by atoms with Crippen molar-refractivity contribution in [3.8, 4) is 0 Å². The molecule has 3 N–H and O–H groups in total. The maximum absolute atomic E-state index is 6.31. The van der Waals surface area contributed by atoms with E-state index >= 15 is 0 Å². The minimum absolute atomic E-state index is 0.171. The Morgan fingerprint density at radius 2 is 2.20 bits per heavy atom. The predicted octanol–water partition coefficient (Wildman–Crippen LogP) is 0.161. The van der Waals surface area contributed by atoms with E-state index in [4.69, 9.17) is 10.9 Å². The van der Waals surface area contributed by atoms with Gasteiger partial charge in [0, 0.05) is 11.9 Å². The van der Waals surface area contributed by atoms with Crippen molar-refractivity contribution < 1.29 is 0 Å². The molecule has 0 aliphatic rings. The molecule has 0 aliphatic carbocycles. The molecule has 0 aromatic carbocycles. The topological polar surface area (TPSA) is 49.8 Å². The van der Waals surface area contributed by atoms with E-state index in [9.17, 15) is 0 Å². The minimum atomic E-state index is 0.171. The van der Waals surface area contributed by atoms with Gasteiger partial charge in [-0.2, -0.15) is 5.14 Å². The van der Waals surface area contributed by atoms with E-state index in [0.29, 0.717) is 11.9 Å². The van der Waals surface area contributed by atoms with Crippen LogP contribution in [0.2, 0.25) is 0 Å².